The SMILES string of the molecule is Cc1cc(C)c2sc(N(Cc3cccnc3)C(=O)CCCS(=O)(=O)Cc3ccccc3)nc2c1. The van der Waals surface area contributed by atoms with E-state index in [9.17, 15) is 13.2 Å². The number of nitrogens with zero attached hydrogens (tertiary/aromatic N) is 3. The van der Waals surface area contributed by atoms with Crippen LogP contribution in [0, 0.1) is 13.8 Å². The molecule has 0 unspecified atom stereocenters. The van der Waals surface area contributed by atoms with E-state index in [4.69, 9.17) is 4.98 Å². The Labute approximate surface area is 204 Å². The molecule has 0 bridgehead atoms. The first-order chi connectivity index (χ1) is 16.3. The number of sulfone groups is 1. The van der Waals surface area contributed by atoms with Gasteiger partial charge in [0.1, 0.15) is 0 Å². The first-order valence-electron chi connectivity index (χ1n) is 11.1. The Morgan fingerprint density at radius 2 is 1.79 bits per heavy atom. The number of pyridine rings is 1. The molecule has 4 rings (SSSR count). The van der Waals surface area contributed by atoms with E-state index in [-0.39, 0.29) is 30.3 Å². The molecule has 2 aromatic carbocycles. The Bertz CT molecular complexity index is 1390. The number of carbonyl (C=O) groups excluding carboxylic acids is 1. The van der Waals surface area contributed by atoms with Crippen molar-refractivity contribution in [1.29, 1.82) is 0 Å². The van der Waals surface area contributed by atoms with Crippen molar-refractivity contribution in [2.24, 2.45) is 0 Å². The number of carbonyl (C=O) groups is 1. The van der Waals surface area contributed by atoms with Crippen LogP contribution in [-0.4, -0.2) is 30.0 Å². The molecule has 8 heteroatoms. The van der Waals surface area contributed by atoms with Gasteiger partial charge < -0.3 is 0 Å². The van der Waals surface area contributed by atoms with Crippen molar-refractivity contribution in [1.82, 2.24) is 9.97 Å². The minimum atomic E-state index is -3.30. The van der Waals surface area contributed by atoms with Gasteiger partial charge in [0.25, 0.3) is 0 Å². The van der Waals surface area contributed by atoms with E-state index in [1.165, 1.54) is 11.3 Å². The van der Waals surface area contributed by atoms with Crippen molar-refractivity contribution in [2.45, 2.75) is 39.0 Å². The molecule has 2 aromatic heterocycles. The standard InChI is InChI=1S/C26H27N3O3S2/c1-19-14-20(2)25-23(15-19)28-26(33-25)29(17-22-10-6-12-27-16-22)24(30)11-7-13-34(31,32)18-21-8-4-3-5-9-21/h3-6,8-10,12,14-16H,7,11,13,17-18H2,1-2H3. The molecule has 0 saturated carbocycles. The van der Waals surface area contributed by atoms with Crippen LogP contribution in [0.2, 0.25) is 0 Å². The molecule has 0 atom stereocenters. The molecule has 2 heterocycles. The summed E-state index contributed by atoms with van der Waals surface area (Å²) in [5.41, 5.74) is 4.76. The lowest BCUT2D eigenvalue weighted by molar-refractivity contribution is -0.118. The Morgan fingerprint density at radius 1 is 1.03 bits per heavy atom. The Balaban J connectivity index is 1.51. The average molecular weight is 494 g/mol. The molecule has 0 spiro atoms. The van der Waals surface area contributed by atoms with Crippen LogP contribution in [0.3, 0.4) is 0 Å². The molecule has 0 aliphatic rings. The summed E-state index contributed by atoms with van der Waals surface area (Å²) in [5, 5.41) is 0.615. The van der Waals surface area contributed by atoms with Gasteiger partial charge in [-0.05, 0) is 54.7 Å². The first-order valence-corrected chi connectivity index (χ1v) is 13.8. The van der Waals surface area contributed by atoms with Crippen LogP contribution < -0.4 is 4.90 Å². The average Bonchev–Trinajstić information content (AvgIpc) is 3.22. The molecule has 176 valence electrons. The summed E-state index contributed by atoms with van der Waals surface area (Å²) in [6.45, 7) is 4.41. The van der Waals surface area contributed by atoms with Crippen LogP contribution in [0.15, 0.2) is 67.0 Å². The zero-order valence-corrected chi connectivity index (χ0v) is 20.9. The predicted octanol–water partition coefficient (Wildman–Crippen LogP) is 5.24. The Hall–Kier alpha value is -3.10. The number of thiazole rings is 1. The first kappa shape index (κ1) is 24.0. The molecular formula is C26H27N3O3S2. The van der Waals surface area contributed by atoms with Crippen molar-refractivity contribution < 1.29 is 13.2 Å². The number of fused-ring (bicyclic) bond motifs is 1. The second kappa shape index (κ2) is 10.4. The summed E-state index contributed by atoms with van der Waals surface area (Å²) in [4.78, 5) is 23.9. The number of amides is 1. The lowest BCUT2D eigenvalue weighted by Crippen LogP contribution is -2.30. The maximum atomic E-state index is 13.3. The largest absolute Gasteiger partial charge is 0.284 e. The molecule has 0 N–H and O–H groups in total. The monoisotopic (exact) mass is 493 g/mol. The number of aryl methyl sites for hydroxylation is 2. The highest BCUT2D eigenvalue weighted by molar-refractivity contribution is 7.90. The zero-order chi connectivity index (χ0) is 24.1. The van der Waals surface area contributed by atoms with Gasteiger partial charge in [-0.2, -0.15) is 0 Å². The summed E-state index contributed by atoms with van der Waals surface area (Å²) in [5.74, 6) is -0.197. The minimum Gasteiger partial charge on any atom is -0.284 e. The summed E-state index contributed by atoms with van der Waals surface area (Å²) < 4.78 is 26.2. The third-order valence-corrected chi connectivity index (χ3v) is 8.39. The van der Waals surface area contributed by atoms with Crippen LogP contribution in [-0.2, 0) is 26.9 Å². The normalized spacial score (nSPS) is 11.6. The van der Waals surface area contributed by atoms with Gasteiger partial charge in [0, 0.05) is 18.8 Å². The van der Waals surface area contributed by atoms with Crippen LogP contribution >= 0.6 is 11.3 Å². The minimum absolute atomic E-state index is 0.0159. The van der Waals surface area contributed by atoms with Crippen molar-refractivity contribution >= 4 is 42.4 Å². The van der Waals surface area contributed by atoms with Gasteiger partial charge in [0.15, 0.2) is 15.0 Å². The number of hydrogen-bond acceptors (Lipinski definition) is 6. The summed E-state index contributed by atoms with van der Waals surface area (Å²) in [6.07, 6.45) is 3.81. The Kier molecular flexibility index (Phi) is 7.38. The van der Waals surface area contributed by atoms with Gasteiger partial charge in [-0.25, -0.2) is 13.4 Å². The molecule has 4 aromatic rings. The molecular weight excluding hydrogens is 466 g/mol. The van der Waals surface area contributed by atoms with E-state index in [0.29, 0.717) is 11.7 Å². The lowest BCUT2D eigenvalue weighted by Gasteiger charge is -2.20. The highest BCUT2D eigenvalue weighted by Gasteiger charge is 2.22. The van der Waals surface area contributed by atoms with Crippen LogP contribution in [0.4, 0.5) is 5.13 Å². The fourth-order valence-corrected chi connectivity index (χ4v) is 6.36. The number of rotatable bonds is 9. The molecule has 0 radical (unpaired) electrons. The van der Waals surface area contributed by atoms with Crippen LogP contribution in [0.5, 0.6) is 0 Å². The van der Waals surface area contributed by atoms with E-state index in [0.717, 1.165) is 32.5 Å². The maximum Gasteiger partial charge on any atom is 0.229 e. The topological polar surface area (TPSA) is 80.2 Å². The zero-order valence-electron chi connectivity index (χ0n) is 19.3. The molecule has 34 heavy (non-hydrogen) atoms. The Morgan fingerprint density at radius 3 is 2.53 bits per heavy atom. The fourth-order valence-electron chi connectivity index (χ4n) is 3.90. The second-order valence-electron chi connectivity index (χ2n) is 8.45. The van der Waals surface area contributed by atoms with Gasteiger partial charge >= 0.3 is 0 Å². The van der Waals surface area contributed by atoms with E-state index >= 15 is 0 Å². The molecule has 6 nitrogen and oxygen atoms in total. The second-order valence-corrected chi connectivity index (χ2v) is 11.6. The van der Waals surface area contributed by atoms with E-state index < -0.39 is 9.84 Å². The summed E-state index contributed by atoms with van der Waals surface area (Å²) in [7, 11) is -3.30. The fraction of sp³-hybridized carbons (Fsp3) is 0.269. The number of benzene rings is 2. The smallest absolute Gasteiger partial charge is 0.229 e. The van der Waals surface area contributed by atoms with E-state index in [1.807, 2.05) is 50.2 Å². The predicted molar refractivity (Wildman–Crippen MR) is 138 cm³/mol. The number of aromatic nitrogens is 2. The number of hydrogen-bond donors (Lipinski definition) is 0. The van der Waals surface area contributed by atoms with Gasteiger partial charge in [0.2, 0.25) is 5.91 Å². The molecule has 0 saturated heterocycles. The van der Waals surface area contributed by atoms with Crippen LogP contribution in [0.1, 0.15) is 35.1 Å². The van der Waals surface area contributed by atoms with Crippen molar-refractivity contribution in [2.75, 3.05) is 10.7 Å². The van der Waals surface area contributed by atoms with Crippen molar-refractivity contribution in [3.63, 3.8) is 0 Å². The number of anilines is 1. The van der Waals surface area contributed by atoms with Gasteiger partial charge in [-0.15, -0.1) is 0 Å². The molecule has 0 aliphatic heterocycles. The third kappa shape index (κ3) is 6.07. The maximum absolute atomic E-state index is 13.3. The van der Waals surface area contributed by atoms with E-state index in [1.54, 1.807) is 29.4 Å². The highest BCUT2D eigenvalue weighted by atomic mass is 32.2. The van der Waals surface area contributed by atoms with Crippen molar-refractivity contribution in [3.05, 3.63) is 89.2 Å². The van der Waals surface area contributed by atoms with Crippen LogP contribution in [0.25, 0.3) is 10.2 Å². The van der Waals surface area contributed by atoms with Gasteiger partial charge in [-0.1, -0.05) is 53.8 Å². The van der Waals surface area contributed by atoms with E-state index in [2.05, 4.69) is 11.1 Å². The molecule has 1 amide bonds. The molecule has 0 fully saturated rings. The summed E-state index contributed by atoms with van der Waals surface area (Å²) in [6, 6.07) is 17.0. The van der Waals surface area contributed by atoms with Crippen molar-refractivity contribution in [3.8, 4) is 0 Å². The van der Waals surface area contributed by atoms with Gasteiger partial charge in [-0.3, -0.25) is 14.7 Å². The van der Waals surface area contributed by atoms with Gasteiger partial charge in [0.05, 0.1) is 28.3 Å². The lowest BCUT2D eigenvalue weighted by atomic mass is 10.1. The highest BCUT2D eigenvalue weighted by Crippen LogP contribution is 2.33. The summed E-state index contributed by atoms with van der Waals surface area (Å²) >= 11 is 1.48. The quantitative estimate of drug-likeness (QED) is 0.319. The third-order valence-electron chi connectivity index (χ3n) is 5.48. The molecule has 0 aliphatic carbocycles.